The van der Waals surface area contributed by atoms with Crippen molar-refractivity contribution in [2.24, 2.45) is 0 Å². The smallest absolute Gasteiger partial charge is 0.161 e. The maximum atomic E-state index is 5.46. The van der Waals surface area contributed by atoms with Gasteiger partial charge in [-0.3, -0.25) is 4.90 Å². The molecule has 1 aliphatic heterocycles. The topological polar surface area (TPSA) is 50.7 Å². The molecule has 4 rings (SSSR count). The SMILES string of the molecule is COc1ccc(CN(C)c2nc(CN3CCCCC3)nc3ccccc23)cc1OC. The number of hydrogen-bond donors (Lipinski definition) is 0. The Bertz CT molecular complexity index is 1000. The van der Waals surface area contributed by atoms with Gasteiger partial charge in [-0.25, -0.2) is 9.97 Å². The summed E-state index contributed by atoms with van der Waals surface area (Å²) in [5.74, 6) is 3.33. The molecular weight excluding hydrogens is 376 g/mol. The molecule has 1 fully saturated rings. The van der Waals surface area contributed by atoms with Gasteiger partial charge in [0.05, 0.1) is 26.3 Å². The number of benzene rings is 2. The predicted octanol–water partition coefficient (Wildman–Crippen LogP) is 4.27. The van der Waals surface area contributed by atoms with Gasteiger partial charge in [0.2, 0.25) is 0 Å². The van der Waals surface area contributed by atoms with Crippen LogP contribution in [0.3, 0.4) is 0 Å². The summed E-state index contributed by atoms with van der Waals surface area (Å²) in [4.78, 5) is 14.5. The van der Waals surface area contributed by atoms with Gasteiger partial charge in [-0.2, -0.15) is 0 Å². The number of para-hydroxylation sites is 1. The van der Waals surface area contributed by atoms with E-state index in [1.165, 1.54) is 19.3 Å². The Labute approximate surface area is 178 Å². The van der Waals surface area contributed by atoms with Crippen LogP contribution in [0, 0.1) is 0 Å². The summed E-state index contributed by atoms with van der Waals surface area (Å²) in [5, 5.41) is 1.07. The van der Waals surface area contributed by atoms with E-state index >= 15 is 0 Å². The molecule has 0 atom stereocenters. The molecule has 1 aromatic heterocycles. The van der Waals surface area contributed by atoms with Crippen LogP contribution in [0.1, 0.15) is 30.7 Å². The third-order valence-electron chi connectivity index (χ3n) is 5.67. The van der Waals surface area contributed by atoms with Gasteiger partial charge in [-0.05, 0) is 55.8 Å². The first-order valence-electron chi connectivity index (χ1n) is 10.6. The first-order chi connectivity index (χ1) is 14.7. The summed E-state index contributed by atoms with van der Waals surface area (Å²) >= 11 is 0. The molecule has 0 unspecified atom stereocenters. The van der Waals surface area contributed by atoms with Gasteiger partial charge >= 0.3 is 0 Å². The van der Waals surface area contributed by atoms with Gasteiger partial charge in [-0.15, -0.1) is 0 Å². The lowest BCUT2D eigenvalue weighted by Crippen LogP contribution is -2.30. The van der Waals surface area contributed by atoms with Crippen molar-refractivity contribution in [2.75, 3.05) is 39.3 Å². The van der Waals surface area contributed by atoms with Crippen molar-refractivity contribution < 1.29 is 9.47 Å². The molecule has 0 saturated carbocycles. The number of fused-ring (bicyclic) bond motifs is 1. The number of likely N-dealkylation sites (tertiary alicyclic amines) is 1. The number of rotatable bonds is 7. The number of nitrogens with zero attached hydrogens (tertiary/aromatic N) is 4. The van der Waals surface area contributed by atoms with Crippen LogP contribution in [-0.2, 0) is 13.1 Å². The fourth-order valence-corrected chi connectivity index (χ4v) is 4.11. The first-order valence-corrected chi connectivity index (χ1v) is 10.6. The second-order valence-electron chi connectivity index (χ2n) is 7.86. The van der Waals surface area contributed by atoms with Crippen molar-refractivity contribution in [3.63, 3.8) is 0 Å². The lowest BCUT2D eigenvalue weighted by molar-refractivity contribution is 0.216. The molecule has 6 nitrogen and oxygen atoms in total. The zero-order valence-electron chi connectivity index (χ0n) is 18.1. The number of methoxy groups -OCH3 is 2. The third kappa shape index (κ3) is 4.49. The van der Waals surface area contributed by atoms with E-state index in [0.29, 0.717) is 6.54 Å². The molecule has 0 aliphatic carbocycles. The van der Waals surface area contributed by atoms with E-state index in [0.717, 1.165) is 59.2 Å². The van der Waals surface area contributed by atoms with Gasteiger partial charge in [0.15, 0.2) is 11.5 Å². The molecule has 1 aliphatic rings. The van der Waals surface area contributed by atoms with E-state index in [9.17, 15) is 0 Å². The van der Waals surface area contributed by atoms with Crippen molar-refractivity contribution in [3.05, 3.63) is 53.9 Å². The molecule has 30 heavy (non-hydrogen) atoms. The normalized spacial score (nSPS) is 14.6. The van der Waals surface area contributed by atoms with Crippen molar-refractivity contribution >= 4 is 16.7 Å². The van der Waals surface area contributed by atoms with Gasteiger partial charge in [0.25, 0.3) is 0 Å². The molecule has 3 aromatic rings. The molecule has 0 amide bonds. The Kier molecular flexibility index (Phi) is 6.33. The summed E-state index contributed by atoms with van der Waals surface area (Å²) in [5.41, 5.74) is 2.13. The van der Waals surface area contributed by atoms with Gasteiger partial charge < -0.3 is 14.4 Å². The van der Waals surface area contributed by atoms with Crippen molar-refractivity contribution in [1.29, 1.82) is 0 Å². The largest absolute Gasteiger partial charge is 0.493 e. The van der Waals surface area contributed by atoms with Crippen LogP contribution in [0.2, 0.25) is 0 Å². The molecule has 0 spiro atoms. The molecular formula is C24H30N4O2. The summed E-state index contributed by atoms with van der Waals surface area (Å²) in [6, 6.07) is 14.3. The molecule has 0 N–H and O–H groups in total. The highest BCUT2D eigenvalue weighted by Crippen LogP contribution is 2.30. The first kappa shape index (κ1) is 20.4. The molecule has 2 aromatic carbocycles. The Morgan fingerprint density at radius 3 is 2.47 bits per heavy atom. The number of anilines is 1. The van der Waals surface area contributed by atoms with Crippen molar-refractivity contribution in [3.8, 4) is 11.5 Å². The Balaban J connectivity index is 1.63. The van der Waals surface area contributed by atoms with Crippen LogP contribution >= 0.6 is 0 Å². The van der Waals surface area contributed by atoms with Crippen LogP contribution in [0.4, 0.5) is 5.82 Å². The average molecular weight is 407 g/mol. The molecule has 6 heteroatoms. The molecule has 0 radical (unpaired) electrons. The molecule has 158 valence electrons. The van der Waals surface area contributed by atoms with E-state index in [1.807, 2.05) is 24.3 Å². The highest BCUT2D eigenvalue weighted by Gasteiger charge is 2.16. The van der Waals surface area contributed by atoms with Crippen LogP contribution in [0.5, 0.6) is 11.5 Å². The third-order valence-corrected chi connectivity index (χ3v) is 5.67. The minimum atomic E-state index is 0.713. The van der Waals surface area contributed by atoms with Crippen molar-refractivity contribution in [1.82, 2.24) is 14.9 Å². The second-order valence-corrected chi connectivity index (χ2v) is 7.86. The van der Waals surface area contributed by atoms with E-state index in [1.54, 1.807) is 14.2 Å². The van der Waals surface area contributed by atoms with Gasteiger partial charge in [0, 0.05) is 19.0 Å². The van der Waals surface area contributed by atoms with Crippen LogP contribution in [0.15, 0.2) is 42.5 Å². The van der Waals surface area contributed by atoms with Gasteiger partial charge in [0.1, 0.15) is 11.6 Å². The molecule has 0 bridgehead atoms. The average Bonchev–Trinajstić information content (AvgIpc) is 2.79. The van der Waals surface area contributed by atoms with E-state index in [4.69, 9.17) is 19.4 Å². The highest BCUT2D eigenvalue weighted by molar-refractivity contribution is 5.89. The maximum Gasteiger partial charge on any atom is 0.161 e. The van der Waals surface area contributed by atoms with E-state index < -0.39 is 0 Å². The zero-order chi connectivity index (χ0) is 20.9. The second kappa shape index (κ2) is 9.30. The fourth-order valence-electron chi connectivity index (χ4n) is 4.11. The predicted molar refractivity (Wildman–Crippen MR) is 120 cm³/mol. The molecule has 2 heterocycles. The van der Waals surface area contributed by atoms with Gasteiger partial charge in [-0.1, -0.05) is 24.6 Å². The minimum absolute atomic E-state index is 0.713. The number of aromatic nitrogens is 2. The Morgan fingerprint density at radius 2 is 1.70 bits per heavy atom. The van der Waals surface area contributed by atoms with Crippen LogP contribution in [-0.4, -0.2) is 49.2 Å². The number of hydrogen-bond acceptors (Lipinski definition) is 6. The number of piperidine rings is 1. The van der Waals surface area contributed by atoms with E-state index in [2.05, 4.69) is 35.0 Å². The number of ether oxygens (including phenoxy) is 2. The summed E-state index contributed by atoms with van der Waals surface area (Å²) in [7, 11) is 5.40. The summed E-state index contributed by atoms with van der Waals surface area (Å²) < 4.78 is 10.8. The standard InChI is InChI=1S/C24H30N4O2/c1-27(16-18-11-12-21(29-2)22(15-18)30-3)24-19-9-5-6-10-20(19)25-23(26-24)17-28-13-7-4-8-14-28/h5-6,9-12,15H,4,7-8,13-14,16-17H2,1-3H3. The minimum Gasteiger partial charge on any atom is -0.493 e. The Hall–Kier alpha value is -2.86. The molecule has 1 saturated heterocycles. The Morgan fingerprint density at radius 1 is 0.933 bits per heavy atom. The van der Waals surface area contributed by atoms with Crippen LogP contribution in [0.25, 0.3) is 10.9 Å². The van der Waals surface area contributed by atoms with Crippen LogP contribution < -0.4 is 14.4 Å². The zero-order valence-corrected chi connectivity index (χ0v) is 18.1. The lowest BCUT2D eigenvalue weighted by atomic mass is 10.1. The quantitative estimate of drug-likeness (QED) is 0.584. The lowest BCUT2D eigenvalue weighted by Gasteiger charge is -2.26. The van der Waals surface area contributed by atoms with E-state index in [-0.39, 0.29) is 0 Å². The fraction of sp³-hybridized carbons (Fsp3) is 0.417. The maximum absolute atomic E-state index is 5.46. The summed E-state index contributed by atoms with van der Waals surface area (Å²) in [6.45, 7) is 3.78. The highest BCUT2D eigenvalue weighted by atomic mass is 16.5. The monoisotopic (exact) mass is 406 g/mol. The van der Waals surface area contributed by atoms with Crippen molar-refractivity contribution in [2.45, 2.75) is 32.4 Å². The summed E-state index contributed by atoms with van der Waals surface area (Å²) in [6.07, 6.45) is 3.85.